The van der Waals surface area contributed by atoms with Crippen LogP contribution in [0.15, 0.2) is 0 Å². The van der Waals surface area contributed by atoms with E-state index < -0.39 is 6.04 Å². The Bertz CT molecular complexity index is 181. The molecule has 0 radical (unpaired) electrons. The van der Waals surface area contributed by atoms with Gasteiger partial charge in [0.15, 0.2) is 5.78 Å². The lowest BCUT2D eigenvalue weighted by Crippen LogP contribution is -2.34. The molecule has 0 saturated heterocycles. The van der Waals surface area contributed by atoms with Crippen molar-refractivity contribution in [2.75, 3.05) is 0 Å². The Morgan fingerprint density at radius 2 is 2.25 bits per heavy atom. The summed E-state index contributed by atoms with van der Waals surface area (Å²) in [5, 5.41) is 0. The SMILES string of the molecule is C#CCC(N)C(=O)C(C)CCC. The highest BCUT2D eigenvalue weighted by atomic mass is 16.1. The molecule has 0 aromatic carbocycles. The minimum absolute atomic E-state index is 0.0540. The molecule has 0 aliphatic carbocycles. The zero-order valence-electron chi connectivity index (χ0n) is 7.84. The number of nitrogens with two attached hydrogens (primary N) is 1. The van der Waals surface area contributed by atoms with Gasteiger partial charge in [0.2, 0.25) is 0 Å². The first-order valence-electron chi connectivity index (χ1n) is 4.36. The third-order valence-electron chi connectivity index (χ3n) is 1.91. The van der Waals surface area contributed by atoms with E-state index in [2.05, 4.69) is 12.8 Å². The largest absolute Gasteiger partial charge is 0.321 e. The second kappa shape index (κ2) is 5.79. The van der Waals surface area contributed by atoms with Crippen molar-refractivity contribution in [2.45, 2.75) is 39.2 Å². The average molecular weight is 167 g/mol. The number of rotatable bonds is 5. The van der Waals surface area contributed by atoms with Gasteiger partial charge in [0.25, 0.3) is 0 Å². The summed E-state index contributed by atoms with van der Waals surface area (Å²) in [6, 6.07) is -0.462. The minimum Gasteiger partial charge on any atom is -0.321 e. The maximum Gasteiger partial charge on any atom is 0.153 e. The summed E-state index contributed by atoms with van der Waals surface area (Å²) in [5.74, 6) is 2.55. The summed E-state index contributed by atoms with van der Waals surface area (Å²) in [7, 11) is 0. The van der Waals surface area contributed by atoms with E-state index >= 15 is 0 Å². The normalized spacial score (nSPS) is 14.8. The van der Waals surface area contributed by atoms with E-state index in [1.165, 1.54) is 0 Å². The molecule has 0 aromatic rings. The van der Waals surface area contributed by atoms with Gasteiger partial charge in [-0.3, -0.25) is 4.79 Å². The Hall–Kier alpha value is -0.810. The maximum absolute atomic E-state index is 11.4. The first-order valence-corrected chi connectivity index (χ1v) is 4.36. The van der Waals surface area contributed by atoms with Crippen LogP contribution in [0.2, 0.25) is 0 Å². The van der Waals surface area contributed by atoms with Crippen molar-refractivity contribution in [3.05, 3.63) is 0 Å². The topological polar surface area (TPSA) is 43.1 Å². The van der Waals surface area contributed by atoms with Crippen molar-refractivity contribution >= 4 is 5.78 Å². The van der Waals surface area contributed by atoms with Crippen LogP contribution in [-0.2, 0) is 4.79 Å². The van der Waals surface area contributed by atoms with Gasteiger partial charge in [-0.2, -0.15) is 0 Å². The van der Waals surface area contributed by atoms with Crippen LogP contribution in [0.1, 0.15) is 33.1 Å². The molecule has 0 aliphatic rings. The van der Waals surface area contributed by atoms with E-state index in [1.54, 1.807) is 0 Å². The molecular formula is C10H17NO. The number of ketones is 1. The summed E-state index contributed by atoms with van der Waals surface area (Å²) < 4.78 is 0. The van der Waals surface area contributed by atoms with E-state index in [0.717, 1.165) is 12.8 Å². The van der Waals surface area contributed by atoms with Gasteiger partial charge in [0.1, 0.15) is 0 Å². The van der Waals surface area contributed by atoms with E-state index in [1.807, 2.05) is 6.92 Å². The molecule has 2 N–H and O–H groups in total. The lowest BCUT2D eigenvalue weighted by molar-refractivity contribution is -0.123. The van der Waals surface area contributed by atoms with Crippen LogP contribution >= 0.6 is 0 Å². The molecule has 68 valence electrons. The highest BCUT2D eigenvalue weighted by Crippen LogP contribution is 2.08. The Morgan fingerprint density at radius 3 is 2.67 bits per heavy atom. The van der Waals surface area contributed by atoms with Gasteiger partial charge in [-0.15, -0.1) is 12.3 Å². The fraction of sp³-hybridized carbons (Fsp3) is 0.700. The summed E-state index contributed by atoms with van der Waals surface area (Å²) in [6.07, 6.45) is 7.32. The molecule has 0 amide bonds. The predicted octanol–water partition coefficient (Wildman–Crippen LogP) is 1.34. The van der Waals surface area contributed by atoms with Crippen molar-refractivity contribution < 1.29 is 4.79 Å². The van der Waals surface area contributed by atoms with Gasteiger partial charge in [0, 0.05) is 12.3 Å². The van der Waals surface area contributed by atoms with Crippen LogP contribution in [-0.4, -0.2) is 11.8 Å². The minimum atomic E-state index is -0.462. The lowest BCUT2D eigenvalue weighted by atomic mass is 9.95. The summed E-state index contributed by atoms with van der Waals surface area (Å²) in [5.41, 5.74) is 5.57. The number of terminal acetylenes is 1. The van der Waals surface area contributed by atoms with Crippen molar-refractivity contribution in [3.63, 3.8) is 0 Å². The second-order valence-electron chi connectivity index (χ2n) is 3.11. The monoisotopic (exact) mass is 167 g/mol. The van der Waals surface area contributed by atoms with Crippen LogP contribution in [0.5, 0.6) is 0 Å². The quantitative estimate of drug-likeness (QED) is 0.628. The third kappa shape index (κ3) is 3.54. The predicted molar refractivity (Wildman–Crippen MR) is 50.5 cm³/mol. The van der Waals surface area contributed by atoms with Gasteiger partial charge in [-0.1, -0.05) is 20.3 Å². The highest BCUT2D eigenvalue weighted by Gasteiger charge is 2.18. The molecule has 0 aromatic heterocycles. The van der Waals surface area contributed by atoms with Gasteiger partial charge < -0.3 is 5.73 Å². The highest BCUT2D eigenvalue weighted by molar-refractivity contribution is 5.86. The number of hydrogen-bond donors (Lipinski definition) is 1. The van der Waals surface area contributed by atoms with Crippen LogP contribution in [0.4, 0.5) is 0 Å². The summed E-state index contributed by atoms with van der Waals surface area (Å²) in [6.45, 7) is 3.96. The number of carbonyl (C=O) groups excluding carboxylic acids is 1. The zero-order chi connectivity index (χ0) is 9.56. The van der Waals surface area contributed by atoms with Gasteiger partial charge in [0.05, 0.1) is 6.04 Å². The maximum atomic E-state index is 11.4. The average Bonchev–Trinajstić information content (AvgIpc) is 2.04. The number of carbonyl (C=O) groups is 1. The standard InChI is InChI=1S/C10H17NO/c1-4-6-8(3)10(12)9(11)7-5-2/h2,8-9H,4,6-7,11H2,1,3H3. The van der Waals surface area contributed by atoms with E-state index in [9.17, 15) is 4.79 Å². The molecule has 0 rings (SSSR count). The Balaban J connectivity index is 3.93. The first-order chi connectivity index (χ1) is 5.63. The molecule has 12 heavy (non-hydrogen) atoms. The van der Waals surface area contributed by atoms with Crippen molar-refractivity contribution in [3.8, 4) is 12.3 Å². The molecular weight excluding hydrogens is 150 g/mol. The van der Waals surface area contributed by atoms with Crippen molar-refractivity contribution in [1.82, 2.24) is 0 Å². The molecule has 2 atom stereocenters. The molecule has 2 unspecified atom stereocenters. The van der Waals surface area contributed by atoms with E-state index in [-0.39, 0.29) is 11.7 Å². The van der Waals surface area contributed by atoms with Gasteiger partial charge >= 0.3 is 0 Å². The molecule has 0 bridgehead atoms. The van der Waals surface area contributed by atoms with Gasteiger partial charge in [-0.05, 0) is 6.42 Å². The molecule has 0 heterocycles. The Morgan fingerprint density at radius 1 is 1.67 bits per heavy atom. The number of Topliss-reactive ketones (excluding diaryl/α,β-unsaturated/α-hetero) is 1. The number of hydrogen-bond acceptors (Lipinski definition) is 2. The van der Waals surface area contributed by atoms with Crippen LogP contribution < -0.4 is 5.73 Å². The zero-order valence-corrected chi connectivity index (χ0v) is 7.84. The smallest absolute Gasteiger partial charge is 0.153 e. The molecule has 0 aliphatic heterocycles. The molecule has 0 spiro atoms. The van der Waals surface area contributed by atoms with Gasteiger partial charge in [-0.25, -0.2) is 0 Å². The fourth-order valence-electron chi connectivity index (χ4n) is 1.17. The molecule has 2 nitrogen and oxygen atoms in total. The Labute approximate surface area is 74.5 Å². The third-order valence-corrected chi connectivity index (χ3v) is 1.91. The first kappa shape index (κ1) is 11.2. The van der Waals surface area contributed by atoms with Crippen molar-refractivity contribution in [1.29, 1.82) is 0 Å². The van der Waals surface area contributed by atoms with E-state index in [4.69, 9.17) is 12.2 Å². The Kier molecular flexibility index (Phi) is 5.40. The molecule has 0 saturated carbocycles. The van der Waals surface area contributed by atoms with Crippen molar-refractivity contribution in [2.24, 2.45) is 11.7 Å². The lowest BCUT2D eigenvalue weighted by Gasteiger charge is -2.12. The second-order valence-corrected chi connectivity index (χ2v) is 3.11. The van der Waals surface area contributed by atoms with Crippen LogP contribution in [0.25, 0.3) is 0 Å². The van der Waals surface area contributed by atoms with Crippen LogP contribution in [0.3, 0.4) is 0 Å². The summed E-state index contributed by atoms with van der Waals surface area (Å²) >= 11 is 0. The fourth-order valence-corrected chi connectivity index (χ4v) is 1.17. The van der Waals surface area contributed by atoms with Crippen LogP contribution in [0, 0.1) is 18.3 Å². The summed E-state index contributed by atoms with van der Waals surface area (Å²) in [4.78, 5) is 11.4. The molecule has 0 fully saturated rings. The molecule has 2 heteroatoms. The van der Waals surface area contributed by atoms with E-state index in [0.29, 0.717) is 6.42 Å².